The van der Waals surface area contributed by atoms with E-state index in [1.807, 2.05) is 0 Å². The summed E-state index contributed by atoms with van der Waals surface area (Å²) in [5, 5.41) is 9.50. The first kappa shape index (κ1) is 12.1. The van der Waals surface area contributed by atoms with Gasteiger partial charge in [-0.25, -0.2) is 4.79 Å². The van der Waals surface area contributed by atoms with Gasteiger partial charge in [0.25, 0.3) is 0 Å². The number of carbonyl (C=O) groups is 1. The quantitative estimate of drug-likeness (QED) is 0.572. The Bertz CT molecular complexity index is 443. The second-order valence-electron chi connectivity index (χ2n) is 3.06. The van der Waals surface area contributed by atoms with E-state index in [-0.39, 0.29) is 5.75 Å². The molecule has 0 bridgehead atoms. The molecule has 0 radical (unpaired) electrons. The number of hydrogen-bond donors (Lipinski definition) is 2. The Morgan fingerprint density at radius 3 is 2.94 bits per heavy atom. The number of carbonyl (C=O) groups excluding carboxylic acids is 1. The lowest BCUT2D eigenvalue weighted by Gasteiger charge is -2.01. The molecule has 0 spiro atoms. The molecule has 4 heteroatoms. The van der Waals surface area contributed by atoms with Crippen LogP contribution in [0.25, 0.3) is 0 Å². The first-order chi connectivity index (χ1) is 7.69. The number of nitrogens with two attached hydrogens (primary N) is 1. The topological polar surface area (TPSA) is 72.5 Å². The van der Waals surface area contributed by atoms with Crippen LogP contribution < -0.4 is 5.73 Å². The molecule has 0 aliphatic heterocycles. The lowest BCUT2D eigenvalue weighted by molar-refractivity contribution is 0.0600. The van der Waals surface area contributed by atoms with Crippen molar-refractivity contribution in [1.82, 2.24) is 0 Å². The standard InChI is InChI=1S/C12H13NO3/c1-16-12(15)10-5-6-11(14)9(8-10)4-2-3-7-13/h5-6,8,14H,3,7,13H2,1H3. The summed E-state index contributed by atoms with van der Waals surface area (Å²) in [4.78, 5) is 11.2. The van der Waals surface area contributed by atoms with Crippen LogP contribution in [0, 0.1) is 11.8 Å². The minimum absolute atomic E-state index is 0.0391. The third-order valence-electron chi connectivity index (χ3n) is 1.91. The molecule has 0 amide bonds. The third kappa shape index (κ3) is 3.01. The van der Waals surface area contributed by atoms with Crippen molar-refractivity contribution in [2.45, 2.75) is 6.42 Å². The number of methoxy groups -OCH3 is 1. The van der Waals surface area contributed by atoms with Crippen LogP contribution >= 0.6 is 0 Å². The Morgan fingerprint density at radius 2 is 2.31 bits per heavy atom. The number of phenols is 1. The van der Waals surface area contributed by atoms with Gasteiger partial charge in [0.1, 0.15) is 5.75 Å². The fourth-order valence-corrected chi connectivity index (χ4v) is 1.11. The van der Waals surface area contributed by atoms with Crippen LogP contribution in [0.1, 0.15) is 22.3 Å². The molecular formula is C12H13NO3. The van der Waals surface area contributed by atoms with E-state index in [0.29, 0.717) is 24.1 Å². The molecule has 3 N–H and O–H groups in total. The lowest BCUT2D eigenvalue weighted by Crippen LogP contribution is -2.01. The van der Waals surface area contributed by atoms with Crippen molar-refractivity contribution >= 4 is 5.97 Å². The molecule has 16 heavy (non-hydrogen) atoms. The number of esters is 1. The first-order valence-corrected chi connectivity index (χ1v) is 4.79. The van der Waals surface area contributed by atoms with Crippen molar-refractivity contribution in [3.8, 4) is 17.6 Å². The highest BCUT2D eigenvalue weighted by atomic mass is 16.5. The largest absolute Gasteiger partial charge is 0.507 e. The monoisotopic (exact) mass is 219 g/mol. The number of ether oxygens (including phenoxy) is 1. The predicted molar refractivity (Wildman–Crippen MR) is 60.0 cm³/mol. The van der Waals surface area contributed by atoms with E-state index in [9.17, 15) is 9.90 Å². The Hall–Kier alpha value is -1.99. The predicted octanol–water partition coefficient (Wildman–Crippen LogP) is 0.879. The Balaban J connectivity index is 3.01. The Kier molecular flexibility index (Phi) is 4.37. The molecule has 1 aromatic carbocycles. The highest BCUT2D eigenvalue weighted by Crippen LogP contribution is 2.17. The van der Waals surface area contributed by atoms with Gasteiger partial charge in [0.15, 0.2) is 0 Å². The van der Waals surface area contributed by atoms with Crippen molar-refractivity contribution in [2.75, 3.05) is 13.7 Å². The molecule has 0 saturated carbocycles. The molecule has 0 aromatic heterocycles. The minimum atomic E-state index is -0.457. The number of benzene rings is 1. The van der Waals surface area contributed by atoms with Gasteiger partial charge in [0.2, 0.25) is 0 Å². The average Bonchev–Trinajstić information content (AvgIpc) is 2.31. The smallest absolute Gasteiger partial charge is 0.337 e. The molecule has 0 aliphatic rings. The molecule has 0 saturated heterocycles. The van der Waals surface area contributed by atoms with Gasteiger partial charge in [-0.2, -0.15) is 0 Å². The number of aromatic hydroxyl groups is 1. The Labute approximate surface area is 94.0 Å². The summed E-state index contributed by atoms with van der Waals surface area (Å²) in [6.07, 6.45) is 0.544. The van der Waals surface area contributed by atoms with Gasteiger partial charge in [0, 0.05) is 13.0 Å². The van der Waals surface area contributed by atoms with E-state index < -0.39 is 5.97 Å². The maximum Gasteiger partial charge on any atom is 0.337 e. The van der Waals surface area contributed by atoms with E-state index in [1.54, 1.807) is 0 Å². The van der Waals surface area contributed by atoms with Crippen LogP contribution in [0.15, 0.2) is 18.2 Å². The van der Waals surface area contributed by atoms with Crippen molar-refractivity contribution in [3.63, 3.8) is 0 Å². The van der Waals surface area contributed by atoms with Gasteiger partial charge in [-0.1, -0.05) is 11.8 Å². The maximum atomic E-state index is 11.2. The van der Waals surface area contributed by atoms with Crippen LogP contribution in [-0.4, -0.2) is 24.7 Å². The highest BCUT2D eigenvalue weighted by Gasteiger charge is 2.07. The van der Waals surface area contributed by atoms with Crippen molar-refractivity contribution in [2.24, 2.45) is 5.73 Å². The summed E-state index contributed by atoms with van der Waals surface area (Å²) >= 11 is 0. The molecular weight excluding hydrogens is 206 g/mol. The second kappa shape index (κ2) is 5.79. The molecule has 0 atom stereocenters. The Morgan fingerprint density at radius 1 is 1.56 bits per heavy atom. The van der Waals surface area contributed by atoms with Crippen molar-refractivity contribution < 1.29 is 14.6 Å². The lowest BCUT2D eigenvalue weighted by atomic mass is 10.1. The van der Waals surface area contributed by atoms with E-state index in [1.165, 1.54) is 25.3 Å². The van der Waals surface area contributed by atoms with Crippen molar-refractivity contribution in [3.05, 3.63) is 29.3 Å². The summed E-state index contributed by atoms with van der Waals surface area (Å²) in [5.74, 6) is 5.12. The van der Waals surface area contributed by atoms with E-state index in [0.717, 1.165) is 0 Å². The van der Waals surface area contributed by atoms with Gasteiger partial charge >= 0.3 is 5.97 Å². The van der Waals surface area contributed by atoms with Gasteiger partial charge in [0.05, 0.1) is 18.2 Å². The molecule has 84 valence electrons. The molecule has 1 rings (SSSR count). The molecule has 0 unspecified atom stereocenters. The SMILES string of the molecule is COC(=O)c1ccc(O)c(C#CCCN)c1. The molecule has 4 nitrogen and oxygen atoms in total. The first-order valence-electron chi connectivity index (χ1n) is 4.79. The summed E-state index contributed by atoms with van der Waals surface area (Å²) in [6, 6.07) is 4.39. The van der Waals surface area contributed by atoms with E-state index in [4.69, 9.17) is 5.73 Å². The number of phenolic OH excluding ortho intramolecular Hbond substituents is 1. The fraction of sp³-hybridized carbons (Fsp3) is 0.250. The maximum absolute atomic E-state index is 11.2. The fourth-order valence-electron chi connectivity index (χ4n) is 1.11. The zero-order valence-corrected chi connectivity index (χ0v) is 8.99. The van der Waals surface area contributed by atoms with Crippen LogP contribution in [0.4, 0.5) is 0 Å². The normalized spacial score (nSPS) is 9.12. The average molecular weight is 219 g/mol. The molecule has 0 fully saturated rings. The van der Waals surface area contributed by atoms with E-state index >= 15 is 0 Å². The van der Waals surface area contributed by atoms with E-state index in [2.05, 4.69) is 16.6 Å². The summed E-state index contributed by atoms with van der Waals surface area (Å²) in [5.41, 5.74) is 6.05. The minimum Gasteiger partial charge on any atom is -0.507 e. The van der Waals surface area contributed by atoms with Crippen molar-refractivity contribution in [1.29, 1.82) is 0 Å². The number of hydrogen-bond acceptors (Lipinski definition) is 4. The summed E-state index contributed by atoms with van der Waals surface area (Å²) < 4.78 is 4.57. The second-order valence-corrected chi connectivity index (χ2v) is 3.06. The third-order valence-corrected chi connectivity index (χ3v) is 1.91. The van der Waals surface area contributed by atoms with Gasteiger partial charge in [-0.3, -0.25) is 0 Å². The van der Waals surface area contributed by atoms with Gasteiger partial charge in [-0.05, 0) is 18.2 Å². The highest BCUT2D eigenvalue weighted by molar-refractivity contribution is 5.90. The van der Waals surface area contributed by atoms with Crippen LogP contribution in [-0.2, 0) is 4.74 Å². The summed E-state index contributed by atoms with van der Waals surface area (Å²) in [7, 11) is 1.30. The van der Waals surface area contributed by atoms with Crippen LogP contribution in [0.3, 0.4) is 0 Å². The zero-order valence-electron chi connectivity index (χ0n) is 8.99. The summed E-state index contributed by atoms with van der Waals surface area (Å²) in [6.45, 7) is 0.463. The molecule has 1 aromatic rings. The van der Waals surface area contributed by atoms with Gasteiger partial charge in [-0.15, -0.1) is 0 Å². The zero-order chi connectivity index (χ0) is 12.0. The van der Waals surface area contributed by atoms with Crippen LogP contribution in [0.5, 0.6) is 5.75 Å². The van der Waals surface area contributed by atoms with Gasteiger partial charge < -0.3 is 15.6 Å². The van der Waals surface area contributed by atoms with Crippen LogP contribution in [0.2, 0.25) is 0 Å². The number of rotatable bonds is 2. The molecule has 0 heterocycles. The molecule has 0 aliphatic carbocycles.